The Morgan fingerprint density at radius 2 is 1.83 bits per heavy atom. The van der Waals surface area contributed by atoms with Crippen LogP contribution in [0.25, 0.3) is 0 Å². The average Bonchev–Trinajstić information content (AvgIpc) is 2.24. The van der Waals surface area contributed by atoms with Crippen molar-refractivity contribution in [1.29, 1.82) is 0 Å². The summed E-state index contributed by atoms with van der Waals surface area (Å²) in [5.74, 6) is 0. The Hall–Kier alpha value is -0.770. The summed E-state index contributed by atoms with van der Waals surface area (Å²) in [6.07, 6.45) is 0. The minimum atomic E-state index is 0.588. The Labute approximate surface area is 115 Å². The zero-order valence-electron chi connectivity index (χ0n) is 11.4. The second kappa shape index (κ2) is 5.47. The van der Waals surface area contributed by atoms with Crippen LogP contribution in [0.3, 0.4) is 0 Å². The number of likely N-dealkylation sites (N-methyl/N-ethyl adjacent to an activating group) is 1. The molecule has 0 aliphatic carbocycles. The van der Waals surface area contributed by atoms with Crippen molar-refractivity contribution in [1.82, 2.24) is 9.80 Å². The lowest BCUT2D eigenvalue weighted by atomic mass is 10.1. The fraction of sp³-hybridized carbons (Fsp3) is 0.571. The van der Waals surface area contributed by atoms with Crippen LogP contribution >= 0.6 is 11.6 Å². The number of hydrogen-bond acceptors (Lipinski definition) is 3. The molecule has 2 unspecified atom stereocenters. The van der Waals surface area contributed by atoms with Crippen LogP contribution in [0.15, 0.2) is 18.2 Å². The van der Waals surface area contributed by atoms with Gasteiger partial charge in [-0.05, 0) is 44.7 Å². The highest BCUT2D eigenvalue weighted by Crippen LogP contribution is 2.20. The first-order valence-corrected chi connectivity index (χ1v) is 6.82. The summed E-state index contributed by atoms with van der Waals surface area (Å²) in [5.41, 5.74) is 7.77. The Balaban J connectivity index is 2.05. The molecule has 1 aromatic carbocycles. The fourth-order valence-corrected chi connectivity index (χ4v) is 2.93. The van der Waals surface area contributed by atoms with Crippen molar-refractivity contribution in [3.05, 3.63) is 28.8 Å². The van der Waals surface area contributed by atoms with Crippen LogP contribution in [0.4, 0.5) is 5.69 Å². The largest absolute Gasteiger partial charge is 0.399 e. The molecule has 0 spiro atoms. The van der Waals surface area contributed by atoms with E-state index >= 15 is 0 Å². The minimum absolute atomic E-state index is 0.588. The van der Waals surface area contributed by atoms with Crippen molar-refractivity contribution in [3.63, 3.8) is 0 Å². The zero-order chi connectivity index (χ0) is 13.3. The molecule has 1 aliphatic rings. The third-order valence-electron chi connectivity index (χ3n) is 3.82. The fourth-order valence-electron chi connectivity index (χ4n) is 2.67. The summed E-state index contributed by atoms with van der Waals surface area (Å²) < 4.78 is 0. The number of nitrogens with zero attached hydrogens (tertiary/aromatic N) is 2. The highest BCUT2D eigenvalue weighted by atomic mass is 35.5. The zero-order valence-corrected chi connectivity index (χ0v) is 12.1. The van der Waals surface area contributed by atoms with Gasteiger partial charge in [0.15, 0.2) is 0 Å². The lowest BCUT2D eigenvalue weighted by Gasteiger charge is -2.42. The second-order valence-corrected chi connectivity index (χ2v) is 5.89. The molecule has 0 aromatic heterocycles. The maximum absolute atomic E-state index is 6.04. The van der Waals surface area contributed by atoms with Crippen LogP contribution in [0.1, 0.15) is 19.4 Å². The van der Waals surface area contributed by atoms with Gasteiger partial charge in [-0.3, -0.25) is 9.80 Å². The van der Waals surface area contributed by atoms with Gasteiger partial charge in [-0.2, -0.15) is 0 Å². The van der Waals surface area contributed by atoms with E-state index in [1.54, 1.807) is 6.07 Å². The molecule has 0 amide bonds. The summed E-state index contributed by atoms with van der Waals surface area (Å²) in [7, 11) is 2.20. The summed E-state index contributed by atoms with van der Waals surface area (Å²) in [6, 6.07) is 6.99. The quantitative estimate of drug-likeness (QED) is 0.836. The number of nitrogens with two attached hydrogens (primary N) is 1. The molecular weight excluding hydrogens is 246 g/mol. The Morgan fingerprint density at radius 3 is 2.39 bits per heavy atom. The van der Waals surface area contributed by atoms with E-state index in [1.807, 2.05) is 12.1 Å². The van der Waals surface area contributed by atoms with Gasteiger partial charge in [-0.25, -0.2) is 0 Å². The molecule has 1 heterocycles. The average molecular weight is 268 g/mol. The van der Waals surface area contributed by atoms with Crippen molar-refractivity contribution >= 4 is 17.3 Å². The predicted molar refractivity (Wildman–Crippen MR) is 77.8 cm³/mol. The van der Waals surface area contributed by atoms with Gasteiger partial charge in [-0.15, -0.1) is 0 Å². The number of hydrogen-bond donors (Lipinski definition) is 1. The first-order chi connectivity index (χ1) is 8.45. The molecule has 4 heteroatoms. The van der Waals surface area contributed by atoms with Crippen LogP contribution in [0.5, 0.6) is 0 Å². The third-order valence-corrected chi connectivity index (χ3v) is 4.04. The monoisotopic (exact) mass is 267 g/mol. The first kappa shape index (κ1) is 13.7. The topological polar surface area (TPSA) is 32.5 Å². The standard InChI is InChI=1S/C14H22ClN3/c1-10-7-18(8-11(2)17(10)3)9-12-4-13(15)6-14(16)5-12/h4-6,10-11H,7-9,16H2,1-3H3. The number of piperazine rings is 1. The maximum Gasteiger partial charge on any atom is 0.0429 e. The first-order valence-electron chi connectivity index (χ1n) is 6.45. The van der Waals surface area contributed by atoms with Crippen LogP contribution in [-0.2, 0) is 6.54 Å². The van der Waals surface area contributed by atoms with Crippen molar-refractivity contribution in [3.8, 4) is 0 Å². The van der Waals surface area contributed by atoms with E-state index in [9.17, 15) is 0 Å². The van der Waals surface area contributed by atoms with E-state index in [0.29, 0.717) is 12.1 Å². The smallest absolute Gasteiger partial charge is 0.0429 e. The second-order valence-electron chi connectivity index (χ2n) is 5.45. The van der Waals surface area contributed by atoms with Gasteiger partial charge in [0.2, 0.25) is 0 Å². The van der Waals surface area contributed by atoms with Gasteiger partial charge in [0.1, 0.15) is 0 Å². The maximum atomic E-state index is 6.04. The minimum Gasteiger partial charge on any atom is -0.399 e. The molecule has 0 saturated carbocycles. The van der Waals surface area contributed by atoms with Gasteiger partial charge in [-0.1, -0.05) is 11.6 Å². The molecule has 1 saturated heterocycles. The molecule has 1 aromatic rings. The normalized spacial score (nSPS) is 26.4. The van der Waals surface area contributed by atoms with Crippen molar-refractivity contribution < 1.29 is 0 Å². The number of nitrogen functional groups attached to an aromatic ring is 1. The molecule has 100 valence electrons. The van der Waals surface area contributed by atoms with Crippen LogP contribution in [-0.4, -0.2) is 42.0 Å². The number of halogens is 1. The highest BCUT2D eigenvalue weighted by molar-refractivity contribution is 6.30. The lowest BCUT2D eigenvalue weighted by molar-refractivity contribution is 0.0556. The van der Waals surface area contributed by atoms with Gasteiger partial charge < -0.3 is 5.73 Å². The molecule has 2 atom stereocenters. The van der Waals surface area contributed by atoms with Crippen LogP contribution < -0.4 is 5.73 Å². The molecule has 3 nitrogen and oxygen atoms in total. The van der Waals surface area contributed by atoms with E-state index in [4.69, 9.17) is 17.3 Å². The van der Waals surface area contributed by atoms with Gasteiger partial charge in [0.25, 0.3) is 0 Å². The summed E-state index contributed by atoms with van der Waals surface area (Å²) in [6.45, 7) is 7.65. The SMILES string of the molecule is CC1CN(Cc2cc(N)cc(Cl)c2)CC(C)N1C. The molecule has 18 heavy (non-hydrogen) atoms. The van der Waals surface area contributed by atoms with Crippen molar-refractivity contribution in [2.75, 3.05) is 25.9 Å². The van der Waals surface area contributed by atoms with Crippen molar-refractivity contribution in [2.24, 2.45) is 0 Å². The highest BCUT2D eigenvalue weighted by Gasteiger charge is 2.26. The Morgan fingerprint density at radius 1 is 1.22 bits per heavy atom. The Kier molecular flexibility index (Phi) is 4.15. The van der Waals surface area contributed by atoms with Gasteiger partial charge >= 0.3 is 0 Å². The molecule has 1 fully saturated rings. The number of benzene rings is 1. The van der Waals surface area contributed by atoms with Gasteiger partial charge in [0.05, 0.1) is 0 Å². The van der Waals surface area contributed by atoms with E-state index in [1.165, 1.54) is 5.56 Å². The molecule has 2 N–H and O–H groups in total. The van der Waals surface area contributed by atoms with Crippen LogP contribution in [0, 0.1) is 0 Å². The third kappa shape index (κ3) is 3.16. The Bertz CT molecular complexity index is 389. The number of anilines is 1. The van der Waals surface area contributed by atoms with Crippen molar-refractivity contribution in [2.45, 2.75) is 32.5 Å². The lowest BCUT2D eigenvalue weighted by Crippen LogP contribution is -2.54. The van der Waals surface area contributed by atoms with Crippen LogP contribution in [0.2, 0.25) is 5.02 Å². The summed E-state index contributed by atoms with van der Waals surface area (Å²) >= 11 is 6.04. The predicted octanol–water partition coefficient (Wildman–Crippen LogP) is 2.45. The van der Waals surface area contributed by atoms with E-state index in [0.717, 1.165) is 30.3 Å². The molecular formula is C14H22ClN3. The molecule has 2 rings (SSSR count). The van der Waals surface area contributed by atoms with E-state index in [-0.39, 0.29) is 0 Å². The summed E-state index contributed by atoms with van der Waals surface area (Å²) in [4.78, 5) is 4.91. The molecule has 0 bridgehead atoms. The summed E-state index contributed by atoms with van der Waals surface area (Å²) in [5, 5.41) is 0.722. The van der Waals surface area contributed by atoms with E-state index in [2.05, 4.69) is 30.7 Å². The molecule has 0 radical (unpaired) electrons. The number of rotatable bonds is 2. The van der Waals surface area contributed by atoms with E-state index < -0.39 is 0 Å². The molecule has 1 aliphatic heterocycles. The van der Waals surface area contributed by atoms with Gasteiger partial charge in [0, 0.05) is 42.4 Å².